The summed E-state index contributed by atoms with van der Waals surface area (Å²) < 4.78 is 29.2. The first kappa shape index (κ1) is 13.7. The van der Waals surface area contributed by atoms with Gasteiger partial charge in [0, 0.05) is 11.6 Å². The van der Waals surface area contributed by atoms with Crippen LogP contribution in [-0.2, 0) is 16.0 Å². The summed E-state index contributed by atoms with van der Waals surface area (Å²) in [6.45, 7) is 0. The second kappa shape index (κ2) is 5.34. The summed E-state index contributed by atoms with van der Waals surface area (Å²) in [6, 6.07) is 0.650. The van der Waals surface area contributed by atoms with Gasteiger partial charge in [-0.2, -0.15) is 0 Å². The Bertz CT molecular complexity index is 540. The molecule has 1 aromatic heterocycles. The Labute approximate surface area is 98.5 Å². The number of esters is 1. The number of nitrogens with zero attached hydrogens (tertiary/aromatic N) is 1. The van der Waals surface area contributed by atoms with Crippen LogP contribution in [0, 0.1) is 10.1 Å². The first-order chi connectivity index (χ1) is 8.36. The quantitative estimate of drug-likeness (QED) is 0.494. The summed E-state index contributed by atoms with van der Waals surface area (Å²) in [4.78, 5) is 33.5. The van der Waals surface area contributed by atoms with E-state index in [1.165, 1.54) is 0 Å². The summed E-state index contributed by atoms with van der Waals surface area (Å²) >= 11 is 0. The number of hydrogen-bond acceptors (Lipinski definition) is 5. The highest BCUT2D eigenvalue weighted by molar-refractivity contribution is 5.72. The van der Waals surface area contributed by atoms with E-state index in [2.05, 4.69) is 4.74 Å². The standard InChI is InChI=1S/C9H8F2N2O5/c1-18-6(14)3-4-2-5(13(16)17)7(8(10)11)12-9(4)15/h2,8H,3H2,1H3,(H,12,15). The summed E-state index contributed by atoms with van der Waals surface area (Å²) in [5.41, 5.74) is -3.32. The number of nitrogens with one attached hydrogen (secondary N) is 1. The lowest BCUT2D eigenvalue weighted by Crippen LogP contribution is -2.20. The van der Waals surface area contributed by atoms with Crippen LogP contribution in [0.4, 0.5) is 14.5 Å². The molecule has 0 radical (unpaired) electrons. The summed E-state index contributed by atoms with van der Waals surface area (Å²) in [7, 11) is 1.07. The van der Waals surface area contributed by atoms with Crippen LogP contribution < -0.4 is 5.56 Å². The lowest BCUT2D eigenvalue weighted by atomic mass is 10.1. The zero-order chi connectivity index (χ0) is 13.9. The van der Waals surface area contributed by atoms with E-state index in [9.17, 15) is 28.5 Å². The third-order valence-corrected chi connectivity index (χ3v) is 2.10. The van der Waals surface area contributed by atoms with Crippen LogP contribution in [0.15, 0.2) is 10.9 Å². The maximum absolute atomic E-state index is 12.5. The topological polar surface area (TPSA) is 102 Å². The van der Waals surface area contributed by atoms with Crippen molar-refractivity contribution in [3.8, 4) is 0 Å². The number of H-pyrrole nitrogens is 1. The van der Waals surface area contributed by atoms with E-state index in [1.807, 2.05) is 0 Å². The highest BCUT2D eigenvalue weighted by Gasteiger charge is 2.25. The van der Waals surface area contributed by atoms with E-state index < -0.39 is 40.7 Å². The Morgan fingerprint density at radius 3 is 2.67 bits per heavy atom. The van der Waals surface area contributed by atoms with Gasteiger partial charge in [-0.3, -0.25) is 19.7 Å². The van der Waals surface area contributed by atoms with E-state index in [4.69, 9.17) is 0 Å². The van der Waals surface area contributed by atoms with Crippen molar-refractivity contribution in [1.82, 2.24) is 4.98 Å². The lowest BCUT2D eigenvalue weighted by Gasteiger charge is -2.04. The molecular formula is C9H8F2N2O5. The SMILES string of the molecule is COC(=O)Cc1cc([N+](=O)[O-])c(C(F)F)[nH]c1=O. The molecule has 1 aromatic rings. The van der Waals surface area contributed by atoms with Crippen molar-refractivity contribution in [2.24, 2.45) is 0 Å². The molecule has 0 aliphatic rings. The fourth-order valence-corrected chi connectivity index (χ4v) is 1.25. The molecule has 0 saturated carbocycles. The molecule has 1 heterocycles. The van der Waals surface area contributed by atoms with Crippen molar-refractivity contribution in [2.75, 3.05) is 7.11 Å². The molecule has 0 spiro atoms. The molecule has 0 atom stereocenters. The minimum atomic E-state index is -3.19. The third-order valence-electron chi connectivity index (χ3n) is 2.10. The smallest absolute Gasteiger partial charge is 0.310 e. The van der Waals surface area contributed by atoms with Gasteiger partial charge in [-0.15, -0.1) is 0 Å². The Kier molecular flexibility index (Phi) is 4.08. The number of carbonyl (C=O) groups excluding carboxylic acids is 1. The number of hydrogen-bond donors (Lipinski definition) is 1. The molecule has 1 N–H and O–H groups in total. The maximum atomic E-state index is 12.5. The fraction of sp³-hybridized carbons (Fsp3) is 0.333. The van der Waals surface area contributed by atoms with E-state index in [0.29, 0.717) is 6.07 Å². The lowest BCUT2D eigenvalue weighted by molar-refractivity contribution is -0.386. The molecule has 0 aromatic carbocycles. The first-order valence-corrected chi connectivity index (χ1v) is 4.62. The van der Waals surface area contributed by atoms with Crippen LogP contribution in [0.5, 0.6) is 0 Å². The number of methoxy groups -OCH3 is 1. The van der Waals surface area contributed by atoms with Crippen molar-refractivity contribution in [3.63, 3.8) is 0 Å². The molecule has 0 saturated heterocycles. The number of nitro groups is 1. The number of aromatic nitrogens is 1. The van der Waals surface area contributed by atoms with E-state index in [0.717, 1.165) is 7.11 Å². The van der Waals surface area contributed by atoms with E-state index >= 15 is 0 Å². The number of ether oxygens (including phenoxy) is 1. The van der Waals surface area contributed by atoms with Crippen molar-refractivity contribution in [2.45, 2.75) is 12.8 Å². The molecule has 98 valence electrons. The van der Waals surface area contributed by atoms with Crippen LogP contribution in [0.25, 0.3) is 0 Å². The minimum absolute atomic E-state index is 0.307. The normalized spacial score (nSPS) is 10.4. The van der Waals surface area contributed by atoms with Gasteiger partial charge in [-0.1, -0.05) is 0 Å². The van der Waals surface area contributed by atoms with Gasteiger partial charge in [0.25, 0.3) is 17.7 Å². The number of aromatic amines is 1. The minimum Gasteiger partial charge on any atom is -0.469 e. The second-order valence-corrected chi connectivity index (χ2v) is 3.23. The maximum Gasteiger partial charge on any atom is 0.310 e. The molecule has 1 rings (SSSR count). The number of carbonyl (C=O) groups is 1. The van der Waals surface area contributed by atoms with Gasteiger partial charge in [0.05, 0.1) is 18.5 Å². The molecule has 0 aliphatic carbocycles. The van der Waals surface area contributed by atoms with Crippen LogP contribution in [0.3, 0.4) is 0 Å². The Balaban J connectivity index is 3.32. The van der Waals surface area contributed by atoms with Crippen LogP contribution >= 0.6 is 0 Å². The highest BCUT2D eigenvalue weighted by Crippen LogP contribution is 2.26. The predicted octanol–water partition coefficient (Wildman–Crippen LogP) is 0.936. The Morgan fingerprint density at radius 2 is 2.22 bits per heavy atom. The molecule has 0 aliphatic heterocycles. The number of rotatable bonds is 4. The molecule has 9 heteroatoms. The molecule has 0 bridgehead atoms. The first-order valence-electron chi connectivity index (χ1n) is 4.62. The number of halogens is 2. The molecule has 18 heavy (non-hydrogen) atoms. The second-order valence-electron chi connectivity index (χ2n) is 3.23. The van der Waals surface area contributed by atoms with Gasteiger partial charge in [0.1, 0.15) is 0 Å². The highest BCUT2D eigenvalue weighted by atomic mass is 19.3. The van der Waals surface area contributed by atoms with Crippen LogP contribution in [0.1, 0.15) is 17.7 Å². The Hall–Kier alpha value is -2.32. The molecule has 0 unspecified atom stereocenters. The summed E-state index contributed by atoms with van der Waals surface area (Å²) in [6.07, 6.45) is -3.72. The monoisotopic (exact) mass is 262 g/mol. The average Bonchev–Trinajstić information content (AvgIpc) is 2.30. The van der Waals surface area contributed by atoms with Crippen LogP contribution in [-0.4, -0.2) is 23.0 Å². The summed E-state index contributed by atoms with van der Waals surface area (Å²) in [5.74, 6) is -0.806. The van der Waals surface area contributed by atoms with Gasteiger partial charge in [-0.25, -0.2) is 8.78 Å². The average molecular weight is 262 g/mol. The zero-order valence-corrected chi connectivity index (χ0v) is 9.11. The summed E-state index contributed by atoms with van der Waals surface area (Å²) in [5, 5.41) is 10.6. The van der Waals surface area contributed by atoms with Gasteiger partial charge >= 0.3 is 5.97 Å². The number of pyridine rings is 1. The largest absolute Gasteiger partial charge is 0.469 e. The molecule has 7 nitrogen and oxygen atoms in total. The number of alkyl halides is 2. The zero-order valence-electron chi connectivity index (χ0n) is 9.11. The van der Waals surface area contributed by atoms with Crippen molar-refractivity contribution in [3.05, 3.63) is 37.8 Å². The van der Waals surface area contributed by atoms with E-state index in [-0.39, 0.29) is 5.56 Å². The third kappa shape index (κ3) is 2.87. The molecule has 0 amide bonds. The van der Waals surface area contributed by atoms with Gasteiger partial charge < -0.3 is 9.72 Å². The van der Waals surface area contributed by atoms with Crippen molar-refractivity contribution < 1.29 is 23.2 Å². The molecular weight excluding hydrogens is 254 g/mol. The van der Waals surface area contributed by atoms with Crippen molar-refractivity contribution in [1.29, 1.82) is 0 Å². The van der Waals surface area contributed by atoms with Gasteiger partial charge in [-0.05, 0) is 0 Å². The van der Waals surface area contributed by atoms with Gasteiger partial charge in [0.15, 0.2) is 5.69 Å². The predicted molar refractivity (Wildman–Crippen MR) is 54.4 cm³/mol. The molecule has 0 fully saturated rings. The van der Waals surface area contributed by atoms with E-state index in [1.54, 1.807) is 4.98 Å². The fourth-order valence-electron chi connectivity index (χ4n) is 1.25. The van der Waals surface area contributed by atoms with Crippen molar-refractivity contribution >= 4 is 11.7 Å². The Morgan fingerprint density at radius 1 is 1.61 bits per heavy atom. The van der Waals surface area contributed by atoms with Gasteiger partial charge in [0.2, 0.25) is 0 Å². The van der Waals surface area contributed by atoms with Crippen LogP contribution in [0.2, 0.25) is 0 Å².